The lowest BCUT2D eigenvalue weighted by molar-refractivity contribution is 0.206. The second-order valence-corrected chi connectivity index (χ2v) is 5.80. The van der Waals surface area contributed by atoms with Crippen molar-refractivity contribution >= 4 is 11.7 Å². The number of methoxy groups -OCH3 is 3. The number of hydrogen-bond acceptors (Lipinski definition) is 4. The molecule has 1 heterocycles. The molecule has 0 saturated heterocycles. The van der Waals surface area contributed by atoms with Crippen molar-refractivity contribution in [1.29, 1.82) is 0 Å². The molecule has 0 aromatic heterocycles. The molecule has 3 rings (SSSR count). The van der Waals surface area contributed by atoms with Crippen LogP contribution >= 0.6 is 0 Å². The zero-order valence-electron chi connectivity index (χ0n) is 14.7. The van der Waals surface area contributed by atoms with Gasteiger partial charge in [-0.05, 0) is 41.8 Å². The Morgan fingerprint density at radius 3 is 2.40 bits per heavy atom. The predicted octanol–water partition coefficient (Wildman–Crippen LogP) is 3.30. The van der Waals surface area contributed by atoms with Crippen LogP contribution in [0.5, 0.6) is 17.2 Å². The Balaban J connectivity index is 1.74. The smallest absolute Gasteiger partial charge is 0.322 e. The van der Waals surface area contributed by atoms with Gasteiger partial charge in [0.2, 0.25) is 0 Å². The fourth-order valence-corrected chi connectivity index (χ4v) is 2.93. The summed E-state index contributed by atoms with van der Waals surface area (Å²) >= 11 is 0. The van der Waals surface area contributed by atoms with Gasteiger partial charge < -0.3 is 24.4 Å². The van der Waals surface area contributed by atoms with Crippen molar-refractivity contribution in [3.8, 4) is 17.2 Å². The Bertz CT molecular complexity index is 776. The van der Waals surface area contributed by atoms with Crippen LogP contribution in [-0.4, -0.2) is 38.8 Å². The van der Waals surface area contributed by atoms with E-state index in [1.165, 1.54) is 5.56 Å². The van der Waals surface area contributed by atoms with Crippen LogP contribution < -0.4 is 19.5 Å². The van der Waals surface area contributed by atoms with Crippen LogP contribution in [0, 0.1) is 0 Å². The van der Waals surface area contributed by atoms with E-state index in [0.717, 1.165) is 17.7 Å². The number of ether oxygens (including phenoxy) is 3. The normalized spacial score (nSPS) is 13.0. The van der Waals surface area contributed by atoms with Gasteiger partial charge in [-0.15, -0.1) is 0 Å². The molecule has 25 heavy (non-hydrogen) atoms. The monoisotopic (exact) mass is 342 g/mol. The van der Waals surface area contributed by atoms with Crippen molar-refractivity contribution in [2.45, 2.75) is 13.0 Å². The number of nitrogens with zero attached hydrogens (tertiary/aromatic N) is 1. The van der Waals surface area contributed by atoms with Gasteiger partial charge >= 0.3 is 6.03 Å². The van der Waals surface area contributed by atoms with Crippen LogP contribution in [-0.2, 0) is 13.0 Å². The van der Waals surface area contributed by atoms with Crippen LogP contribution in [0.15, 0.2) is 36.4 Å². The zero-order valence-corrected chi connectivity index (χ0v) is 14.7. The summed E-state index contributed by atoms with van der Waals surface area (Å²) < 4.78 is 15.8. The van der Waals surface area contributed by atoms with Crippen LogP contribution in [0.1, 0.15) is 11.1 Å². The maximum absolute atomic E-state index is 12.7. The third kappa shape index (κ3) is 3.63. The minimum atomic E-state index is -0.156. The van der Waals surface area contributed by atoms with Crippen LogP contribution in [0.2, 0.25) is 0 Å². The lowest BCUT2D eigenvalue weighted by Crippen LogP contribution is -2.38. The number of carbonyl (C=O) groups is 1. The molecule has 0 spiro atoms. The average molecular weight is 342 g/mol. The molecule has 0 aliphatic carbocycles. The van der Waals surface area contributed by atoms with E-state index in [2.05, 4.69) is 11.4 Å². The molecule has 132 valence electrons. The van der Waals surface area contributed by atoms with Gasteiger partial charge in [0.25, 0.3) is 0 Å². The van der Waals surface area contributed by atoms with Crippen LogP contribution in [0.4, 0.5) is 10.5 Å². The van der Waals surface area contributed by atoms with E-state index in [9.17, 15) is 4.79 Å². The first-order valence-corrected chi connectivity index (χ1v) is 8.08. The van der Waals surface area contributed by atoms with E-state index in [1.807, 2.05) is 12.1 Å². The minimum Gasteiger partial charge on any atom is -0.497 e. The molecule has 2 aromatic carbocycles. The van der Waals surface area contributed by atoms with E-state index in [1.54, 1.807) is 44.4 Å². The van der Waals surface area contributed by atoms with Crippen LogP contribution in [0.3, 0.4) is 0 Å². The molecule has 0 saturated carbocycles. The van der Waals surface area contributed by atoms with Crippen LogP contribution in [0.25, 0.3) is 0 Å². The standard InChI is InChI=1S/C19H22N2O4/c1-23-15-5-4-13-8-9-21(12-14(13)10-15)19(22)20-17-7-6-16(24-2)11-18(17)25-3/h4-7,10-11H,8-9,12H2,1-3H3,(H,20,22). The lowest BCUT2D eigenvalue weighted by Gasteiger charge is -2.29. The van der Waals surface area contributed by atoms with Gasteiger partial charge in [0.05, 0.1) is 27.0 Å². The molecule has 1 N–H and O–H groups in total. The SMILES string of the molecule is COc1ccc2c(c1)CN(C(=O)Nc1ccc(OC)cc1OC)CC2. The highest BCUT2D eigenvalue weighted by molar-refractivity contribution is 5.91. The number of anilines is 1. The van der Waals surface area contributed by atoms with E-state index in [0.29, 0.717) is 30.3 Å². The first kappa shape index (κ1) is 17.0. The van der Waals surface area contributed by atoms with E-state index >= 15 is 0 Å². The topological polar surface area (TPSA) is 60.0 Å². The number of nitrogens with one attached hydrogen (secondary N) is 1. The maximum Gasteiger partial charge on any atom is 0.322 e. The number of amides is 2. The average Bonchev–Trinajstić information content (AvgIpc) is 2.67. The molecule has 6 nitrogen and oxygen atoms in total. The first-order valence-electron chi connectivity index (χ1n) is 8.08. The molecule has 0 radical (unpaired) electrons. The number of urea groups is 1. The number of benzene rings is 2. The lowest BCUT2D eigenvalue weighted by atomic mass is 10.00. The summed E-state index contributed by atoms with van der Waals surface area (Å²) in [4.78, 5) is 14.4. The van der Waals surface area contributed by atoms with Gasteiger partial charge in [0, 0.05) is 19.2 Å². The van der Waals surface area contributed by atoms with Gasteiger partial charge in [-0.2, -0.15) is 0 Å². The van der Waals surface area contributed by atoms with E-state index in [4.69, 9.17) is 14.2 Å². The molecule has 2 amide bonds. The summed E-state index contributed by atoms with van der Waals surface area (Å²) in [5.41, 5.74) is 2.99. The summed E-state index contributed by atoms with van der Waals surface area (Å²) in [5, 5.41) is 2.92. The minimum absolute atomic E-state index is 0.156. The van der Waals surface area contributed by atoms with Gasteiger partial charge in [0.1, 0.15) is 17.2 Å². The Morgan fingerprint density at radius 2 is 1.68 bits per heavy atom. The van der Waals surface area contributed by atoms with Gasteiger partial charge in [0.15, 0.2) is 0 Å². The first-order chi connectivity index (χ1) is 12.1. The van der Waals surface area contributed by atoms with Crippen molar-refractivity contribution in [1.82, 2.24) is 4.90 Å². The van der Waals surface area contributed by atoms with E-state index < -0.39 is 0 Å². The van der Waals surface area contributed by atoms with Crippen molar-refractivity contribution in [2.75, 3.05) is 33.2 Å². The highest BCUT2D eigenvalue weighted by Crippen LogP contribution is 2.30. The number of fused-ring (bicyclic) bond motifs is 1. The van der Waals surface area contributed by atoms with Gasteiger partial charge in [-0.1, -0.05) is 6.07 Å². The quantitative estimate of drug-likeness (QED) is 0.926. The number of carbonyl (C=O) groups excluding carboxylic acids is 1. The van der Waals surface area contributed by atoms with E-state index in [-0.39, 0.29) is 6.03 Å². The molecule has 0 atom stereocenters. The fourth-order valence-electron chi connectivity index (χ4n) is 2.93. The Morgan fingerprint density at radius 1 is 0.960 bits per heavy atom. The maximum atomic E-state index is 12.7. The summed E-state index contributed by atoms with van der Waals surface area (Å²) in [6.45, 7) is 1.22. The predicted molar refractivity (Wildman–Crippen MR) is 95.7 cm³/mol. The Kier molecular flexibility index (Phi) is 4.97. The fraction of sp³-hybridized carbons (Fsp3) is 0.316. The molecule has 0 fully saturated rings. The summed E-state index contributed by atoms with van der Waals surface area (Å²) in [6, 6.07) is 11.2. The highest BCUT2D eigenvalue weighted by atomic mass is 16.5. The van der Waals surface area contributed by atoms with Crippen molar-refractivity contribution < 1.29 is 19.0 Å². The molecule has 1 aliphatic heterocycles. The number of rotatable bonds is 4. The van der Waals surface area contributed by atoms with Gasteiger partial charge in [-0.3, -0.25) is 0 Å². The van der Waals surface area contributed by atoms with Crippen molar-refractivity contribution in [2.24, 2.45) is 0 Å². The molecule has 6 heteroatoms. The zero-order chi connectivity index (χ0) is 17.8. The second-order valence-electron chi connectivity index (χ2n) is 5.80. The van der Waals surface area contributed by atoms with Crippen molar-refractivity contribution in [3.63, 3.8) is 0 Å². The second kappa shape index (κ2) is 7.34. The third-order valence-corrected chi connectivity index (χ3v) is 4.36. The summed E-state index contributed by atoms with van der Waals surface area (Å²) in [7, 11) is 4.80. The summed E-state index contributed by atoms with van der Waals surface area (Å²) in [6.07, 6.45) is 0.826. The molecular formula is C19H22N2O4. The largest absolute Gasteiger partial charge is 0.497 e. The molecular weight excluding hydrogens is 320 g/mol. The Hall–Kier alpha value is -2.89. The molecule has 2 aromatic rings. The van der Waals surface area contributed by atoms with Crippen molar-refractivity contribution in [3.05, 3.63) is 47.5 Å². The highest BCUT2D eigenvalue weighted by Gasteiger charge is 2.22. The molecule has 1 aliphatic rings. The summed E-state index contributed by atoms with van der Waals surface area (Å²) in [5.74, 6) is 2.04. The molecule has 0 bridgehead atoms. The molecule has 0 unspecified atom stereocenters. The third-order valence-electron chi connectivity index (χ3n) is 4.36. The number of hydrogen-bond donors (Lipinski definition) is 1. The van der Waals surface area contributed by atoms with Gasteiger partial charge in [-0.25, -0.2) is 4.79 Å². The Labute approximate surface area is 147 Å².